The molecular formula is C13H17ClN4O2S2. The lowest BCUT2D eigenvalue weighted by atomic mass is 10.2. The predicted octanol–water partition coefficient (Wildman–Crippen LogP) is 2.76. The summed E-state index contributed by atoms with van der Waals surface area (Å²) < 4.78 is 30.1. The van der Waals surface area contributed by atoms with E-state index >= 15 is 0 Å². The number of nitrogens with zero attached hydrogens (tertiary/aromatic N) is 3. The fourth-order valence-corrected chi connectivity index (χ4v) is 5.31. The van der Waals surface area contributed by atoms with E-state index in [4.69, 9.17) is 11.6 Å². The number of halogens is 1. The van der Waals surface area contributed by atoms with Gasteiger partial charge in [-0.3, -0.25) is 0 Å². The first-order chi connectivity index (χ1) is 10.5. The number of aromatic nitrogens is 3. The molecule has 0 saturated carbocycles. The van der Waals surface area contributed by atoms with Crippen LogP contribution < -0.4 is 4.72 Å². The van der Waals surface area contributed by atoms with Crippen molar-refractivity contribution in [2.45, 2.75) is 49.4 Å². The third-order valence-corrected chi connectivity index (χ3v) is 6.93. The lowest BCUT2D eigenvalue weighted by Crippen LogP contribution is -2.28. The fourth-order valence-electron chi connectivity index (χ4n) is 2.61. The minimum Gasteiger partial charge on any atom is -0.314 e. The molecule has 6 nitrogen and oxygen atoms in total. The summed E-state index contributed by atoms with van der Waals surface area (Å²) in [6.45, 7) is 2.63. The maximum Gasteiger partial charge on any atom is 0.250 e. The molecule has 0 amide bonds. The van der Waals surface area contributed by atoms with Crippen molar-refractivity contribution in [2.75, 3.05) is 0 Å². The average molecular weight is 361 g/mol. The smallest absolute Gasteiger partial charge is 0.250 e. The second-order valence-electron chi connectivity index (χ2n) is 5.34. The Bertz CT molecular complexity index is 769. The summed E-state index contributed by atoms with van der Waals surface area (Å²) in [5, 5.41) is 8.39. The molecule has 0 aliphatic carbocycles. The number of fused-ring (bicyclic) bond motifs is 1. The highest BCUT2D eigenvalue weighted by Gasteiger charge is 2.25. The van der Waals surface area contributed by atoms with E-state index in [2.05, 4.69) is 14.9 Å². The maximum absolute atomic E-state index is 12.4. The minimum atomic E-state index is -3.60. The number of rotatable bonds is 4. The summed E-state index contributed by atoms with van der Waals surface area (Å²) in [6, 6.07) is 2.64. The highest BCUT2D eigenvalue weighted by Crippen LogP contribution is 2.27. The van der Waals surface area contributed by atoms with Gasteiger partial charge < -0.3 is 4.57 Å². The van der Waals surface area contributed by atoms with Crippen molar-refractivity contribution in [1.82, 2.24) is 19.5 Å². The molecule has 22 heavy (non-hydrogen) atoms. The topological polar surface area (TPSA) is 76.9 Å². The lowest BCUT2D eigenvalue weighted by Gasteiger charge is -2.14. The van der Waals surface area contributed by atoms with Crippen LogP contribution in [0.25, 0.3) is 0 Å². The van der Waals surface area contributed by atoms with E-state index in [1.807, 2.05) is 4.57 Å². The molecule has 0 bridgehead atoms. The SMILES string of the molecule is C[C@@H](NS(=O)(=O)c1ccc(Cl)s1)c1nnc2n1CCCCC2. The van der Waals surface area contributed by atoms with Gasteiger partial charge >= 0.3 is 0 Å². The Morgan fingerprint density at radius 1 is 1.32 bits per heavy atom. The molecule has 1 aliphatic rings. The van der Waals surface area contributed by atoms with Gasteiger partial charge in [0.25, 0.3) is 10.0 Å². The molecule has 2 aromatic heterocycles. The first-order valence-electron chi connectivity index (χ1n) is 7.17. The average Bonchev–Trinajstić information content (AvgIpc) is 3.00. The highest BCUT2D eigenvalue weighted by molar-refractivity contribution is 7.91. The van der Waals surface area contributed by atoms with Crippen molar-refractivity contribution < 1.29 is 8.42 Å². The molecule has 0 spiro atoms. The quantitative estimate of drug-likeness (QED) is 0.909. The minimum absolute atomic E-state index is 0.208. The molecule has 1 N–H and O–H groups in total. The molecule has 0 aromatic carbocycles. The van der Waals surface area contributed by atoms with Crippen molar-refractivity contribution in [3.05, 3.63) is 28.1 Å². The number of aryl methyl sites for hydroxylation is 1. The Kier molecular flexibility index (Phi) is 4.54. The van der Waals surface area contributed by atoms with Crippen molar-refractivity contribution in [2.24, 2.45) is 0 Å². The van der Waals surface area contributed by atoms with Crippen LogP contribution in [0.1, 0.15) is 43.9 Å². The van der Waals surface area contributed by atoms with Gasteiger partial charge in [0.05, 0.1) is 10.4 Å². The summed E-state index contributed by atoms with van der Waals surface area (Å²) in [5.41, 5.74) is 0. The van der Waals surface area contributed by atoms with Crippen LogP contribution in [0.3, 0.4) is 0 Å². The molecule has 3 heterocycles. The Morgan fingerprint density at radius 3 is 2.86 bits per heavy atom. The highest BCUT2D eigenvalue weighted by atomic mass is 35.5. The third-order valence-electron chi connectivity index (χ3n) is 3.67. The van der Waals surface area contributed by atoms with Crippen molar-refractivity contribution in [1.29, 1.82) is 0 Å². The van der Waals surface area contributed by atoms with Gasteiger partial charge in [-0.15, -0.1) is 21.5 Å². The van der Waals surface area contributed by atoms with Crippen LogP contribution in [0.2, 0.25) is 4.34 Å². The van der Waals surface area contributed by atoms with Gasteiger partial charge in [0.1, 0.15) is 10.0 Å². The summed E-state index contributed by atoms with van der Waals surface area (Å²) in [6.07, 6.45) is 4.23. The largest absolute Gasteiger partial charge is 0.314 e. The zero-order valence-electron chi connectivity index (χ0n) is 12.1. The number of thiophene rings is 1. The molecular weight excluding hydrogens is 344 g/mol. The number of sulfonamides is 1. The Labute approximate surface area is 138 Å². The van der Waals surface area contributed by atoms with Gasteiger partial charge in [-0.25, -0.2) is 13.1 Å². The zero-order valence-corrected chi connectivity index (χ0v) is 14.5. The molecule has 120 valence electrons. The maximum atomic E-state index is 12.4. The first kappa shape index (κ1) is 15.9. The van der Waals surface area contributed by atoms with Crippen LogP contribution in [0, 0.1) is 0 Å². The van der Waals surface area contributed by atoms with E-state index in [-0.39, 0.29) is 4.21 Å². The van der Waals surface area contributed by atoms with Crippen LogP contribution >= 0.6 is 22.9 Å². The van der Waals surface area contributed by atoms with Crippen LogP contribution in [-0.2, 0) is 23.0 Å². The second kappa shape index (κ2) is 6.27. The van der Waals surface area contributed by atoms with E-state index in [1.54, 1.807) is 13.0 Å². The van der Waals surface area contributed by atoms with Crippen LogP contribution in [0.15, 0.2) is 16.3 Å². The molecule has 9 heteroatoms. The standard InChI is InChI=1S/C13H17ClN4O2S2/c1-9(17-22(19,20)12-7-6-10(14)21-12)13-16-15-11-5-3-2-4-8-18(11)13/h6-7,9,17H,2-5,8H2,1H3/t9-/m1/s1. The summed E-state index contributed by atoms with van der Waals surface area (Å²) >= 11 is 6.85. The number of nitrogens with one attached hydrogen (secondary N) is 1. The number of hydrogen-bond acceptors (Lipinski definition) is 5. The summed E-state index contributed by atoms with van der Waals surface area (Å²) in [5.74, 6) is 1.61. The Balaban J connectivity index is 1.83. The lowest BCUT2D eigenvalue weighted by molar-refractivity contribution is 0.535. The number of hydrogen-bond donors (Lipinski definition) is 1. The fraction of sp³-hybridized carbons (Fsp3) is 0.538. The molecule has 0 saturated heterocycles. The van der Waals surface area contributed by atoms with Gasteiger partial charge in [-0.05, 0) is 31.9 Å². The van der Waals surface area contributed by atoms with Crippen LogP contribution in [0.5, 0.6) is 0 Å². The van der Waals surface area contributed by atoms with E-state index in [0.29, 0.717) is 10.2 Å². The Hall–Kier alpha value is -0.960. The molecule has 0 unspecified atom stereocenters. The molecule has 3 rings (SSSR count). The molecule has 2 aromatic rings. The van der Waals surface area contributed by atoms with Gasteiger partial charge in [-0.1, -0.05) is 18.0 Å². The Morgan fingerprint density at radius 2 is 2.14 bits per heavy atom. The van der Waals surface area contributed by atoms with E-state index < -0.39 is 16.1 Å². The summed E-state index contributed by atoms with van der Waals surface area (Å²) in [7, 11) is -3.60. The summed E-state index contributed by atoms with van der Waals surface area (Å²) in [4.78, 5) is 0. The predicted molar refractivity (Wildman–Crippen MR) is 85.6 cm³/mol. The van der Waals surface area contributed by atoms with Crippen molar-refractivity contribution in [3.8, 4) is 0 Å². The van der Waals surface area contributed by atoms with Gasteiger partial charge in [-0.2, -0.15) is 0 Å². The van der Waals surface area contributed by atoms with E-state index in [0.717, 1.165) is 49.4 Å². The third kappa shape index (κ3) is 3.19. The normalized spacial score (nSPS) is 17.0. The van der Waals surface area contributed by atoms with Crippen molar-refractivity contribution >= 4 is 33.0 Å². The molecule has 1 aliphatic heterocycles. The monoisotopic (exact) mass is 360 g/mol. The molecule has 1 atom stereocenters. The van der Waals surface area contributed by atoms with Crippen molar-refractivity contribution in [3.63, 3.8) is 0 Å². The van der Waals surface area contributed by atoms with Gasteiger partial charge in [0.15, 0.2) is 5.82 Å². The van der Waals surface area contributed by atoms with E-state index in [1.165, 1.54) is 6.07 Å². The van der Waals surface area contributed by atoms with Crippen LogP contribution in [-0.4, -0.2) is 23.2 Å². The van der Waals surface area contributed by atoms with Gasteiger partial charge in [0.2, 0.25) is 0 Å². The zero-order chi connectivity index (χ0) is 15.7. The van der Waals surface area contributed by atoms with Gasteiger partial charge in [0, 0.05) is 13.0 Å². The molecule has 0 fully saturated rings. The van der Waals surface area contributed by atoms with Crippen LogP contribution in [0.4, 0.5) is 0 Å². The second-order valence-corrected chi connectivity index (χ2v) is 8.99. The first-order valence-corrected chi connectivity index (χ1v) is 9.85. The van der Waals surface area contributed by atoms with E-state index in [9.17, 15) is 8.42 Å². The molecule has 0 radical (unpaired) electrons.